The predicted molar refractivity (Wildman–Crippen MR) is 80.9 cm³/mol. The van der Waals surface area contributed by atoms with Gasteiger partial charge in [0.15, 0.2) is 0 Å². The number of nitrogens with one attached hydrogen (secondary N) is 1. The number of aryl methyl sites for hydroxylation is 1. The molecule has 1 aliphatic heterocycles. The molecule has 1 atom stereocenters. The zero-order chi connectivity index (χ0) is 14.8. The maximum Gasteiger partial charge on any atom is 0.254 e. The van der Waals surface area contributed by atoms with E-state index in [4.69, 9.17) is 16.3 Å². The monoisotopic (exact) mass is 302 g/mol. The third-order valence-corrected chi connectivity index (χ3v) is 3.75. The predicted octanol–water partition coefficient (Wildman–Crippen LogP) is 2.78. The highest BCUT2D eigenvalue weighted by atomic mass is 35.5. The first-order valence-electron chi connectivity index (χ1n) is 6.78. The Morgan fingerprint density at radius 2 is 2.29 bits per heavy atom. The number of hydrogen-bond donors (Lipinski definition) is 1. The van der Waals surface area contributed by atoms with Gasteiger partial charge in [-0.3, -0.25) is 9.78 Å². The van der Waals surface area contributed by atoms with E-state index in [9.17, 15) is 4.79 Å². The van der Waals surface area contributed by atoms with Crippen molar-refractivity contribution < 1.29 is 9.53 Å². The number of para-hydroxylation sites is 1. The smallest absolute Gasteiger partial charge is 0.254 e. The van der Waals surface area contributed by atoms with Crippen LogP contribution < -0.4 is 10.1 Å². The number of carbonyl (C=O) groups excluding carboxylic acids is 1. The first kappa shape index (κ1) is 13.9. The fraction of sp³-hybridized carbons (Fsp3) is 0.250. The highest BCUT2D eigenvalue weighted by Crippen LogP contribution is 2.27. The molecule has 0 spiro atoms. The highest BCUT2D eigenvalue weighted by molar-refractivity contribution is 6.33. The van der Waals surface area contributed by atoms with Gasteiger partial charge >= 0.3 is 0 Å². The summed E-state index contributed by atoms with van der Waals surface area (Å²) in [6.07, 6.45) is 2.26. The number of fused-ring (bicyclic) bond motifs is 1. The van der Waals surface area contributed by atoms with Crippen LogP contribution in [0.5, 0.6) is 5.75 Å². The molecule has 108 valence electrons. The van der Waals surface area contributed by atoms with Crippen molar-refractivity contribution in [3.63, 3.8) is 0 Å². The van der Waals surface area contributed by atoms with E-state index in [1.807, 2.05) is 31.2 Å². The maximum atomic E-state index is 12.1. The number of hydrogen-bond acceptors (Lipinski definition) is 3. The Kier molecular flexibility index (Phi) is 3.80. The number of halogens is 1. The Morgan fingerprint density at radius 1 is 1.48 bits per heavy atom. The molecular formula is C16H15ClN2O2. The third-order valence-electron chi connectivity index (χ3n) is 3.44. The van der Waals surface area contributed by atoms with Gasteiger partial charge in [0.2, 0.25) is 0 Å². The Morgan fingerprint density at radius 3 is 3.05 bits per heavy atom. The van der Waals surface area contributed by atoms with Crippen LogP contribution in [0, 0.1) is 6.92 Å². The van der Waals surface area contributed by atoms with E-state index in [1.165, 1.54) is 11.8 Å². The fourth-order valence-corrected chi connectivity index (χ4v) is 2.66. The second-order valence-electron chi connectivity index (χ2n) is 5.07. The maximum absolute atomic E-state index is 12.1. The van der Waals surface area contributed by atoms with Crippen molar-refractivity contribution in [2.24, 2.45) is 0 Å². The van der Waals surface area contributed by atoms with Crippen LogP contribution in [0.3, 0.4) is 0 Å². The van der Waals surface area contributed by atoms with Crippen molar-refractivity contribution in [1.29, 1.82) is 0 Å². The molecule has 2 aromatic rings. The molecule has 4 nitrogen and oxygen atoms in total. The standard InChI is InChI=1S/C16H15ClN2O2/c1-10-6-14(17)13(9-18-10)16(20)19-8-12-7-11-4-2-3-5-15(11)21-12/h2-6,9,12H,7-8H2,1H3,(H,19,20). The average Bonchev–Trinajstić information content (AvgIpc) is 2.87. The normalized spacial score (nSPS) is 16.2. The summed E-state index contributed by atoms with van der Waals surface area (Å²) in [7, 11) is 0. The number of benzene rings is 1. The van der Waals surface area contributed by atoms with Crippen molar-refractivity contribution in [3.8, 4) is 5.75 Å². The minimum absolute atomic E-state index is 0.0384. The molecule has 1 aliphatic rings. The van der Waals surface area contributed by atoms with E-state index in [-0.39, 0.29) is 12.0 Å². The van der Waals surface area contributed by atoms with Crippen LogP contribution >= 0.6 is 11.6 Å². The molecule has 1 aromatic heterocycles. The number of rotatable bonds is 3. The lowest BCUT2D eigenvalue weighted by Crippen LogP contribution is -2.34. The van der Waals surface area contributed by atoms with Crippen LogP contribution in [-0.4, -0.2) is 23.5 Å². The molecule has 2 heterocycles. The summed E-state index contributed by atoms with van der Waals surface area (Å²) in [5.41, 5.74) is 2.34. The molecule has 3 rings (SSSR count). The van der Waals surface area contributed by atoms with Crippen LogP contribution in [-0.2, 0) is 6.42 Å². The minimum Gasteiger partial charge on any atom is -0.488 e. The topological polar surface area (TPSA) is 51.2 Å². The lowest BCUT2D eigenvalue weighted by Gasteiger charge is -2.12. The summed E-state index contributed by atoms with van der Waals surface area (Å²) in [5.74, 6) is 0.666. The number of pyridine rings is 1. The second kappa shape index (κ2) is 5.74. The fourth-order valence-electron chi connectivity index (χ4n) is 2.36. The van der Waals surface area contributed by atoms with Crippen molar-refractivity contribution in [2.75, 3.05) is 6.54 Å². The molecule has 21 heavy (non-hydrogen) atoms. The summed E-state index contributed by atoms with van der Waals surface area (Å²) in [6.45, 7) is 2.27. The zero-order valence-electron chi connectivity index (χ0n) is 11.6. The van der Waals surface area contributed by atoms with Crippen LogP contribution in [0.4, 0.5) is 0 Å². The van der Waals surface area contributed by atoms with Gasteiger partial charge in [-0.05, 0) is 24.6 Å². The van der Waals surface area contributed by atoms with Crippen molar-refractivity contribution in [2.45, 2.75) is 19.4 Å². The van der Waals surface area contributed by atoms with E-state index in [0.717, 1.165) is 17.9 Å². The van der Waals surface area contributed by atoms with Crippen LogP contribution in [0.15, 0.2) is 36.5 Å². The molecule has 0 saturated carbocycles. The molecule has 0 aliphatic carbocycles. The highest BCUT2D eigenvalue weighted by Gasteiger charge is 2.23. The van der Waals surface area contributed by atoms with Gasteiger partial charge in [0, 0.05) is 18.3 Å². The van der Waals surface area contributed by atoms with Crippen LogP contribution in [0.2, 0.25) is 5.02 Å². The molecular weight excluding hydrogens is 288 g/mol. The third kappa shape index (κ3) is 3.00. The first-order valence-corrected chi connectivity index (χ1v) is 7.16. The Bertz CT molecular complexity index is 663. The van der Waals surface area contributed by atoms with E-state index >= 15 is 0 Å². The summed E-state index contributed by atoms with van der Waals surface area (Å²) in [6, 6.07) is 9.59. The van der Waals surface area contributed by atoms with E-state index in [1.54, 1.807) is 6.07 Å². The van der Waals surface area contributed by atoms with Gasteiger partial charge in [0.05, 0.1) is 17.1 Å². The van der Waals surface area contributed by atoms with Gasteiger partial charge in [0.25, 0.3) is 5.91 Å². The molecule has 5 heteroatoms. The molecule has 0 bridgehead atoms. The summed E-state index contributed by atoms with van der Waals surface area (Å²) < 4.78 is 5.78. The Balaban J connectivity index is 1.60. The molecule has 1 aromatic carbocycles. The van der Waals surface area contributed by atoms with Gasteiger partial charge in [0.1, 0.15) is 11.9 Å². The van der Waals surface area contributed by atoms with Gasteiger partial charge in [-0.1, -0.05) is 29.8 Å². The van der Waals surface area contributed by atoms with E-state index < -0.39 is 0 Å². The zero-order valence-corrected chi connectivity index (χ0v) is 12.4. The summed E-state index contributed by atoms with van der Waals surface area (Å²) in [4.78, 5) is 16.2. The quantitative estimate of drug-likeness (QED) is 0.948. The van der Waals surface area contributed by atoms with Crippen LogP contribution in [0.25, 0.3) is 0 Å². The van der Waals surface area contributed by atoms with Crippen molar-refractivity contribution >= 4 is 17.5 Å². The molecule has 1 N–H and O–H groups in total. The van der Waals surface area contributed by atoms with Crippen molar-refractivity contribution in [1.82, 2.24) is 10.3 Å². The SMILES string of the molecule is Cc1cc(Cl)c(C(=O)NCC2Cc3ccccc3O2)cn1. The minimum atomic E-state index is -0.230. The second-order valence-corrected chi connectivity index (χ2v) is 5.47. The molecule has 1 unspecified atom stereocenters. The summed E-state index contributed by atoms with van der Waals surface area (Å²) >= 11 is 6.06. The Hall–Kier alpha value is -2.07. The largest absolute Gasteiger partial charge is 0.488 e. The summed E-state index contributed by atoms with van der Waals surface area (Å²) in [5, 5.41) is 3.26. The van der Waals surface area contributed by atoms with Gasteiger partial charge in [-0.2, -0.15) is 0 Å². The Labute approximate surface area is 128 Å². The number of amides is 1. The lowest BCUT2D eigenvalue weighted by molar-refractivity contribution is 0.0933. The van der Waals surface area contributed by atoms with E-state index in [2.05, 4.69) is 10.3 Å². The van der Waals surface area contributed by atoms with Crippen LogP contribution in [0.1, 0.15) is 21.6 Å². The molecule has 0 radical (unpaired) electrons. The van der Waals surface area contributed by atoms with E-state index in [0.29, 0.717) is 17.1 Å². The van der Waals surface area contributed by atoms with Gasteiger partial charge in [-0.25, -0.2) is 0 Å². The lowest BCUT2D eigenvalue weighted by atomic mass is 10.1. The van der Waals surface area contributed by atoms with Gasteiger partial charge in [-0.15, -0.1) is 0 Å². The molecule has 0 fully saturated rings. The number of carbonyl (C=O) groups is 1. The number of ether oxygens (including phenoxy) is 1. The number of nitrogens with zero attached hydrogens (tertiary/aromatic N) is 1. The average molecular weight is 303 g/mol. The van der Waals surface area contributed by atoms with Gasteiger partial charge < -0.3 is 10.1 Å². The molecule has 0 saturated heterocycles. The van der Waals surface area contributed by atoms with Crippen molar-refractivity contribution in [3.05, 3.63) is 58.4 Å². The molecule has 1 amide bonds. The first-order chi connectivity index (χ1) is 10.1. The number of aromatic nitrogens is 1.